The van der Waals surface area contributed by atoms with Gasteiger partial charge in [0.25, 0.3) is 0 Å². The third-order valence-corrected chi connectivity index (χ3v) is 5.10. The van der Waals surface area contributed by atoms with Gasteiger partial charge in [0.1, 0.15) is 22.0 Å². The number of H-pyrrole nitrogens is 1. The van der Waals surface area contributed by atoms with Crippen LogP contribution in [0.15, 0.2) is 16.5 Å². The summed E-state index contributed by atoms with van der Waals surface area (Å²) in [6.45, 7) is 6.35. The maximum atomic E-state index is 4.48. The minimum Gasteiger partial charge on any atom is -0.262 e. The highest BCUT2D eigenvalue weighted by Gasteiger charge is 2.14. The molecule has 0 saturated heterocycles. The van der Waals surface area contributed by atoms with Gasteiger partial charge in [-0.15, -0.1) is 16.4 Å². The smallest absolute Gasteiger partial charge is 0.214 e. The molecule has 0 unspecified atom stereocenters. The maximum Gasteiger partial charge on any atom is 0.214 e. The number of thiophene rings is 1. The van der Waals surface area contributed by atoms with E-state index < -0.39 is 0 Å². The summed E-state index contributed by atoms with van der Waals surface area (Å²) in [7, 11) is 0. The van der Waals surface area contributed by atoms with Crippen molar-refractivity contribution in [2.24, 2.45) is 0 Å². The monoisotopic (exact) mass is 305 g/mol. The molecule has 104 valence electrons. The van der Waals surface area contributed by atoms with Crippen LogP contribution in [0.2, 0.25) is 0 Å². The zero-order valence-corrected chi connectivity index (χ0v) is 13.2. The van der Waals surface area contributed by atoms with Crippen molar-refractivity contribution in [3.05, 3.63) is 22.6 Å². The standard InChI is InChI=1S/C13H15N5S2/c1-4-5-9-16-13(18-17-9)20-12-10-7(2)8(3)19-11(10)14-6-15-12/h6H,4-5H2,1-3H3,(H,16,17,18). The lowest BCUT2D eigenvalue weighted by Crippen LogP contribution is -1.87. The van der Waals surface area contributed by atoms with E-state index in [2.05, 4.69) is 45.9 Å². The summed E-state index contributed by atoms with van der Waals surface area (Å²) < 4.78 is 0. The van der Waals surface area contributed by atoms with Crippen molar-refractivity contribution >= 4 is 33.3 Å². The number of aromatic amines is 1. The molecule has 0 saturated carbocycles. The lowest BCUT2D eigenvalue weighted by molar-refractivity contribution is 0.840. The molecule has 3 rings (SSSR count). The van der Waals surface area contributed by atoms with Gasteiger partial charge in [0.2, 0.25) is 5.16 Å². The Morgan fingerprint density at radius 1 is 1.30 bits per heavy atom. The van der Waals surface area contributed by atoms with Gasteiger partial charge in [0.05, 0.1) is 0 Å². The summed E-state index contributed by atoms with van der Waals surface area (Å²) in [6.07, 6.45) is 3.59. The Hall–Kier alpha value is -1.47. The number of fused-ring (bicyclic) bond motifs is 1. The molecule has 3 aromatic rings. The summed E-state index contributed by atoms with van der Waals surface area (Å²) in [5, 5.41) is 9.99. The van der Waals surface area contributed by atoms with Crippen molar-refractivity contribution in [3.8, 4) is 0 Å². The summed E-state index contributed by atoms with van der Waals surface area (Å²) in [6, 6.07) is 0. The van der Waals surface area contributed by atoms with E-state index >= 15 is 0 Å². The van der Waals surface area contributed by atoms with Crippen molar-refractivity contribution in [3.63, 3.8) is 0 Å². The molecule has 20 heavy (non-hydrogen) atoms. The molecular weight excluding hydrogens is 290 g/mol. The topological polar surface area (TPSA) is 67.3 Å². The summed E-state index contributed by atoms with van der Waals surface area (Å²) in [5.41, 5.74) is 1.25. The minimum absolute atomic E-state index is 0.719. The van der Waals surface area contributed by atoms with Crippen LogP contribution in [0.4, 0.5) is 0 Å². The first kappa shape index (κ1) is 13.5. The average Bonchev–Trinajstić information content (AvgIpc) is 2.97. The molecule has 0 atom stereocenters. The number of rotatable bonds is 4. The molecule has 0 spiro atoms. The van der Waals surface area contributed by atoms with Crippen LogP contribution in [-0.2, 0) is 6.42 Å². The molecule has 0 fully saturated rings. The lowest BCUT2D eigenvalue weighted by Gasteiger charge is -1.99. The number of nitrogens with one attached hydrogen (secondary N) is 1. The Morgan fingerprint density at radius 3 is 2.95 bits per heavy atom. The normalized spacial score (nSPS) is 11.3. The highest BCUT2D eigenvalue weighted by atomic mass is 32.2. The van der Waals surface area contributed by atoms with E-state index in [1.54, 1.807) is 17.7 Å². The van der Waals surface area contributed by atoms with Crippen LogP contribution in [0.5, 0.6) is 0 Å². The van der Waals surface area contributed by atoms with Gasteiger partial charge in [-0.3, -0.25) is 5.10 Å². The zero-order chi connectivity index (χ0) is 14.1. The van der Waals surface area contributed by atoms with Crippen LogP contribution in [-0.4, -0.2) is 25.1 Å². The number of hydrogen-bond acceptors (Lipinski definition) is 6. The first-order chi connectivity index (χ1) is 9.69. The predicted molar refractivity (Wildman–Crippen MR) is 81.4 cm³/mol. The molecule has 0 aliphatic rings. The number of hydrogen-bond donors (Lipinski definition) is 1. The van der Waals surface area contributed by atoms with Gasteiger partial charge in [0.15, 0.2) is 0 Å². The van der Waals surface area contributed by atoms with E-state index in [1.807, 2.05) is 0 Å². The lowest BCUT2D eigenvalue weighted by atomic mass is 10.2. The summed E-state index contributed by atoms with van der Waals surface area (Å²) >= 11 is 3.20. The molecule has 0 aromatic carbocycles. The first-order valence-corrected chi connectivity index (χ1v) is 8.12. The Kier molecular flexibility index (Phi) is 3.71. The second kappa shape index (κ2) is 5.49. The van der Waals surface area contributed by atoms with E-state index in [4.69, 9.17) is 0 Å². The van der Waals surface area contributed by atoms with Crippen LogP contribution in [0, 0.1) is 13.8 Å². The molecule has 5 nitrogen and oxygen atoms in total. The van der Waals surface area contributed by atoms with Gasteiger partial charge in [-0.25, -0.2) is 15.0 Å². The predicted octanol–water partition coefficient (Wildman–Crippen LogP) is 3.53. The van der Waals surface area contributed by atoms with Crippen LogP contribution in [0.25, 0.3) is 10.2 Å². The second-order valence-electron chi connectivity index (χ2n) is 4.56. The van der Waals surface area contributed by atoms with E-state index in [0.717, 1.165) is 39.1 Å². The molecule has 3 aromatic heterocycles. The Balaban J connectivity index is 1.97. The SMILES string of the molecule is CCCc1nc(Sc2ncnc3sc(C)c(C)c23)n[nH]1. The molecule has 3 heterocycles. The first-order valence-electron chi connectivity index (χ1n) is 6.49. The minimum atomic E-state index is 0.719. The highest BCUT2D eigenvalue weighted by molar-refractivity contribution is 7.99. The number of aryl methyl sites for hydroxylation is 3. The molecule has 7 heteroatoms. The molecule has 1 N–H and O–H groups in total. The van der Waals surface area contributed by atoms with Gasteiger partial charge in [-0.1, -0.05) is 6.92 Å². The van der Waals surface area contributed by atoms with E-state index in [9.17, 15) is 0 Å². The molecule has 0 bridgehead atoms. The van der Waals surface area contributed by atoms with E-state index in [1.165, 1.54) is 22.2 Å². The van der Waals surface area contributed by atoms with Crippen molar-refractivity contribution in [1.29, 1.82) is 0 Å². The van der Waals surface area contributed by atoms with Gasteiger partial charge < -0.3 is 0 Å². The van der Waals surface area contributed by atoms with Gasteiger partial charge in [-0.2, -0.15) is 0 Å². The van der Waals surface area contributed by atoms with Crippen LogP contribution >= 0.6 is 23.1 Å². The molecular formula is C13H15N5S2. The summed E-state index contributed by atoms with van der Waals surface area (Å²) in [5.74, 6) is 0.929. The maximum absolute atomic E-state index is 4.48. The third kappa shape index (κ3) is 2.43. The molecule has 0 aliphatic heterocycles. The number of aromatic nitrogens is 5. The van der Waals surface area contributed by atoms with Crippen molar-refractivity contribution < 1.29 is 0 Å². The Morgan fingerprint density at radius 2 is 2.15 bits per heavy atom. The van der Waals surface area contributed by atoms with Crippen molar-refractivity contribution in [1.82, 2.24) is 25.1 Å². The van der Waals surface area contributed by atoms with Crippen LogP contribution in [0.3, 0.4) is 0 Å². The van der Waals surface area contributed by atoms with Crippen molar-refractivity contribution in [2.75, 3.05) is 0 Å². The van der Waals surface area contributed by atoms with Gasteiger partial charge >= 0.3 is 0 Å². The van der Waals surface area contributed by atoms with Crippen LogP contribution < -0.4 is 0 Å². The van der Waals surface area contributed by atoms with E-state index in [0.29, 0.717) is 0 Å². The fourth-order valence-corrected chi connectivity index (χ4v) is 3.92. The largest absolute Gasteiger partial charge is 0.262 e. The molecule has 0 aliphatic carbocycles. The average molecular weight is 305 g/mol. The summed E-state index contributed by atoms with van der Waals surface area (Å²) in [4.78, 5) is 15.5. The second-order valence-corrected chi connectivity index (χ2v) is 6.72. The van der Waals surface area contributed by atoms with Gasteiger partial charge in [0, 0.05) is 16.7 Å². The van der Waals surface area contributed by atoms with Gasteiger partial charge in [-0.05, 0) is 37.6 Å². The Bertz CT molecular complexity index is 746. The quantitative estimate of drug-likeness (QED) is 0.747. The van der Waals surface area contributed by atoms with E-state index in [-0.39, 0.29) is 0 Å². The fourth-order valence-electron chi connectivity index (χ4n) is 1.99. The number of nitrogens with zero attached hydrogens (tertiary/aromatic N) is 4. The van der Waals surface area contributed by atoms with Crippen LogP contribution in [0.1, 0.15) is 29.6 Å². The zero-order valence-electron chi connectivity index (χ0n) is 11.6. The molecule has 0 radical (unpaired) electrons. The molecule has 0 amide bonds. The third-order valence-electron chi connectivity index (χ3n) is 3.12. The highest BCUT2D eigenvalue weighted by Crippen LogP contribution is 2.36. The fraction of sp³-hybridized carbons (Fsp3) is 0.385. The Labute approximate surface area is 125 Å². The van der Waals surface area contributed by atoms with Crippen molar-refractivity contribution in [2.45, 2.75) is 43.8 Å².